The summed E-state index contributed by atoms with van der Waals surface area (Å²) in [6.45, 7) is 11.5. The third-order valence-electron chi connectivity index (χ3n) is 3.82. The number of rotatable bonds is 6. The number of hydrogen-bond donors (Lipinski definition) is 0. The molecule has 96 valence electrons. The maximum Gasteiger partial charge on any atom is -0.0188 e. The Labute approximate surface area is 107 Å². The molecule has 17 heavy (non-hydrogen) atoms. The van der Waals surface area contributed by atoms with Crippen LogP contribution in [0.2, 0.25) is 0 Å². The first-order chi connectivity index (χ1) is 8.17. The van der Waals surface area contributed by atoms with Crippen LogP contribution in [0.25, 0.3) is 0 Å². The van der Waals surface area contributed by atoms with Crippen LogP contribution in [0.5, 0.6) is 0 Å². The van der Waals surface area contributed by atoms with Gasteiger partial charge in [0.1, 0.15) is 0 Å². The van der Waals surface area contributed by atoms with Gasteiger partial charge in [0.05, 0.1) is 0 Å². The maximum absolute atomic E-state index is 2.45. The molecule has 0 amide bonds. The first-order valence-corrected chi connectivity index (χ1v) is 7.32. The molecule has 0 aliphatic carbocycles. The number of aryl methyl sites for hydroxylation is 3. The Morgan fingerprint density at radius 3 is 2.06 bits per heavy atom. The second-order valence-electron chi connectivity index (χ2n) is 5.09. The SMILES string of the molecule is CCCc1cc(CC)cc(CC)c1C(C)CC. The summed E-state index contributed by atoms with van der Waals surface area (Å²) in [7, 11) is 0. The van der Waals surface area contributed by atoms with Gasteiger partial charge < -0.3 is 0 Å². The summed E-state index contributed by atoms with van der Waals surface area (Å²) >= 11 is 0. The molecule has 0 aliphatic rings. The van der Waals surface area contributed by atoms with E-state index in [4.69, 9.17) is 0 Å². The molecular weight excluding hydrogens is 204 g/mol. The molecule has 0 saturated heterocycles. The molecule has 0 N–H and O–H groups in total. The van der Waals surface area contributed by atoms with Crippen molar-refractivity contribution < 1.29 is 0 Å². The minimum Gasteiger partial charge on any atom is -0.0651 e. The van der Waals surface area contributed by atoms with Gasteiger partial charge in [-0.05, 0) is 53.9 Å². The molecule has 0 bridgehead atoms. The van der Waals surface area contributed by atoms with E-state index in [1.165, 1.54) is 31.2 Å². The smallest absolute Gasteiger partial charge is 0.0188 e. The minimum absolute atomic E-state index is 0.706. The van der Waals surface area contributed by atoms with Crippen LogP contribution in [0.1, 0.15) is 75.6 Å². The number of benzene rings is 1. The van der Waals surface area contributed by atoms with Crippen LogP contribution >= 0.6 is 0 Å². The Morgan fingerprint density at radius 1 is 0.941 bits per heavy atom. The monoisotopic (exact) mass is 232 g/mol. The molecule has 1 aromatic carbocycles. The number of hydrogen-bond acceptors (Lipinski definition) is 0. The zero-order valence-corrected chi connectivity index (χ0v) is 12.3. The largest absolute Gasteiger partial charge is 0.0651 e. The van der Waals surface area contributed by atoms with Crippen molar-refractivity contribution in [1.82, 2.24) is 0 Å². The van der Waals surface area contributed by atoms with E-state index < -0.39 is 0 Å². The summed E-state index contributed by atoms with van der Waals surface area (Å²) in [6, 6.07) is 4.88. The lowest BCUT2D eigenvalue weighted by Gasteiger charge is -2.20. The Balaban J connectivity index is 3.29. The van der Waals surface area contributed by atoms with Crippen LogP contribution in [-0.4, -0.2) is 0 Å². The highest BCUT2D eigenvalue weighted by molar-refractivity contribution is 5.41. The van der Waals surface area contributed by atoms with Gasteiger partial charge in [-0.3, -0.25) is 0 Å². The first kappa shape index (κ1) is 14.3. The second-order valence-corrected chi connectivity index (χ2v) is 5.09. The molecule has 0 radical (unpaired) electrons. The first-order valence-electron chi connectivity index (χ1n) is 7.32. The molecule has 0 spiro atoms. The van der Waals surface area contributed by atoms with Gasteiger partial charge in [-0.25, -0.2) is 0 Å². The van der Waals surface area contributed by atoms with Crippen molar-refractivity contribution in [3.8, 4) is 0 Å². The van der Waals surface area contributed by atoms with E-state index in [-0.39, 0.29) is 0 Å². The molecule has 0 aliphatic heterocycles. The fourth-order valence-electron chi connectivity index (χ4n) is 2.66. The highest BCUT2D eigenvalue weighted by Gasteiger charge is 2.14. The molecule has 0 nitrogen and oxygen atoms in total. The molecule has 1 atom stereocenters. The summed E-state index contributed by atoms with van der Waals surface area (Å²) in [5, 5.41) is 0. The molecule has 0 heterocycles. The van der Waals surface area contributed by atoms with Crippen LogP contribution in [0, 0.1) is 0 Å². The quantitative estimate of drug-likeness (QED) is 0.626. The molecule has 0 saturated carbocycles. The molecule has 0 fully saturated rings. The Morgan fingerprint density at radius 2 is 1.59 bits per heavy atom. The third-order valence-corrected chi connectivity index (χ3v) is 3.82. The Kier molecular flexibility index (Phi) is 5.74. The predicted octanol–water partition coefficient (Wildman–Crippen LogP) is 5.28. The average Bonchev–Trinajstić information content (AvgIpc) is 2.37. The highest BCUT2D eigenvalue weighted by Crippen LogP contribution is 2.29. The lowest BCUT2D eigenvalue weighted by molar-refractivity contribution is 0.706. The predicted molar refractivity (Wildman–Crippen MR) is 77.9 cm³/mol. The van der Waals surface area contributed by atoms with E-state index in [2.05, 4.69) is 46.8 Å². The summed E-state index contributed by atoms with van der Waals surface area (Å²) in [6.07, 6.45) is 6.06. The third kappa shape index (κ3) is 3.34. The summed E-state index contributed by atoms with van der Waals surface area (Å²) in [5.74, 6) is 0.706. The zero-order chi connectivity index (χ0) is 12.8. The van der Waals surface area contributed by atoms with Crippen molar-refractivity contribution in [3.63, 3.8) is 0 Å². The normalized spacial score (nSPS) is 12.8. The zero-order valence-electron chi connectivity index (χ0n) is 12.3. The molecular formula is C17H28. The Hall–Kier alpha value is -0.780. The van der Waals surface area contributed by atoms with Crippen molar-refractivity contribution >= 4 is 0 Å². The van der Waals surface area contributed by atoms with Gasteiger partial charge in [0, 0.05) is 0 Å². The summed E-state index contributed by atoms with van der Waals surface area (Å²) < 4.78 is 0. The van der Waals surface area contributed by atoms with Gasteiger partial charge in [0.2, 0.25) is 0 Å². The second kappa shape index (κ2) is 6.83. The molecule has 1 rings (SSSR count). The Bertz CT molecular complexity index is 349. The van der Waals surface area contributed by atoms with Gasteiger partial charge in [0.15, 0.2) is 0 Å². The maximum atomic E-state index is 2.45. The van der Waals surface area contributed by atoms with Crippen molar-refractivity contribution in [2.75, 3.05) is 0 Å². The lowest BCUT2D eigenvalue weighted by atomic mass is 9.85. The van der Waals surface area contributed by atoms with Crippen LogP contribution < -0.4 is 0 Å². The van der Waals surface area contributed by atoms with Gasteiger partial charge in [-0.15, -0.1) is 0 Å². The van der Waals surface area contributed by atoms with E-state index >= 15 is 0 Å². The van der Waals surface area contributed by atoms with Crippen molar-refractivity contribution in [2.24, 2.45) is 0 Å². The summed E-state index contributed by atoms with van der Waals surface area (Å²) in [5.41, 5.74) is 6.35. The van der Waals surface area contributed by atoms with E-state index in [0.29, 0.717) is 5.92 Å². The van der Waals surface area contributed by atoms with Crippen molar-refractivity contribution in [1.29, 1.82) is 0 Å². The van der Waals surface area contributed by atoms with E-state index in [9.17, 15) is 0 Å². The van der Waals surface area contributed by atoms with E-state index in [1.54, 1.807) is 16.7 Å². The lowest BCUT2D eigenvalue weighted by Crippen LogP contribution is -2.05. The van der Waals surface area contributed by atoms with Crippen LogP contribution in [-0.2, 0) is 19.3 Å². The topological polar surface area (TPSA) is 0 Å². The van der Waals surface area contributed by atoms with Crippen molar-refractivity contribution in [2.45, 2.75) is 72.6 Å². The minimum atomic E-state index is 0.706. The molecule has 0 heteroatoms. The van der Waals surface area contributed by atoms with Gasteiger partial charge in [-0.2, -0.15) is 0 Å². The van der Waals surface area contributed by atoms with Crippen LogP contribution in [0.15, 0.2) is 12.1 Å². The molecule has 1 unspecified atom stereocenters. The van der Waals surface area contributed by atoms with Crippen LogP contribution in [0.4, 0.5) is 0 Å². The van der Waals surface area contributed by atoms with Gasteiger partial charge >= 0.3 is 0 Å². The van der Waals surface area contributed by atoms with Gasteiger partial charge in [-0.1, -0.05) is 53.2 Å². The van der Waals surface area contributed by atoms with E-state index in [0.717, 1.165) is 6.42 Å². The summed E-state index contributed by atoms with van der Waals surface area (Å²) in [4.78, 5) is 0. The van der Waals surface area contributed by atoms with Gasteiger partial charge in [0.25, 0.3) is 0 Å². The molecule has 0 aromatic heterocycles. The standard InChI is InChI=1S/C17H28/c1-6-10-16-12-14(8-3)11-15(9-4)17(16)13(5)7-2/h11-13H,6-10H2,1-5H3. The van der Waals surface area contributed by atoms with Crippen molar-refractivity contribution in [3.05, 3.63) is 34.4 Å². The highest BCUT2D eigenvalue weighted by atomic mass is 14.2. The van der Waals surface area contributed by atoms with Crippen LogP contribution in [0.3, 0.4) is 0 Å². The molecule has 1 aromatic rings. The fraction of sp³-hybridized carbons (Fsp3) is 0.647. The average molecular weight is 232 g/mol. The van der Waals surface area contributed by atoms with E-state index in [1.807, 2.05) is 0 Å². The fourth-order valence-corrected chi connectivity index (χ4v) is 2.66.